The van der Waals surface area contributed by atoms with Crippen LogP contribution in [0, 0.1) is 5.92 Å². The lowest BCUT2D eigenvalue weighted by atomic mass is 10.1. The van der Waals surface area contributed by atoms with Gasteiger partial charge in [-0.3, -0.25) is 9.59 Å². The molecule has 2 amide bonds. The van der Waals surface area contributed by atoms with E-state index in [4.69, 9.17) is 0 Å². The van der Waals surface area contributed by atoms with Crippen LogP contribution < -0.4 is 10.6 Å². The first-order valence-corrected chi connectivity index (χ1v) is 4.35. The maximum Gasteiger partial charge on any atom is 0.232 e. The smallest absolute Gasteiger partial charge is 0.232 e. The molecule has 1 saturated heterocycles. The zero-order chi connectivity index (χ0) is 8.55. The lowest BCUT2D eigenvalue weighted by Crippen LogP contribution is -2.36. The summed E-state index contributed by atoms with van der Waals surface area (Å²) in [5.41, 5.74) is 0. The summed E-state index contributed by atoms with van der Waals surface area (Å²) in [5.74, 6) is -0.633. The van der Waals surface area contributed by atoms with Crippen LogP contribution in [0.15, 0.2) is 0 Å². The second-order valence-corrected chi connectivity index (χ2v) is 3.42. The molecule has 1 heterocycles. The Kier molecular flexibility index (Phi) is 1.75. The SMILES string of the molecule is O=C1NCCC1C(=O)NC1CC1. The molecule has 0 aromatic heterocycles. The van der Waals surface area contributed by atoms with Crippen LogP contribution in [0.1, 0.15) is 19.3 Å². The van der Waals surface area contributed by atoms with Gasteiger partial charge in [0, 0.05) is 12.6 Å². The largest absolute Gasteiger partial charge is 0.355 e. The van der Waals surface area contributed by atoms with E-state index in [1.54, 1.807) is 0 Å². The number of carbonyl (C=O) groups excluding carboxylic acids is 2. The molecular weight excluding hydrogens is 156 g/mol. The maximum absolute atomic E-state index is 11.3. The fourth-order valence-electron chi connectivity index (χ4n) is 1.37. The summed E-state index contributed by atoms with van der Waals surface area (Å²) >= 11 is 0. The second kappa shape index (κ2) is 2.77. The van der Waals surface area contributed by atoms with Gasteiger partial charge in [0.15, 0.2) is 0 Å². The highest BCUT2D eigenvalue weighted by Crippen LogP contribution is 2.20. The predicted molar refractivity (Wildman–Crippen MR) is 42.3 cm³/mol. The molecule has 2 aliphatic rings. The molecule has 66 valence electrons. The third kappa shape index (κ3) is 1.42. The average Bonchev–Trinajstić information content (AvgIpc) is 2.72. The first-order valence-electron chi connectivity index (χ1n) is 4.35. The van der Waals surface area contributed by atoms with Crippen molar-refractivity contribution in [1.29, 1.82) is 0 Å². The molecule has 0 radical (unpaired) electrons. The van der Waals surface area contributed by atoms with Gasteiger partial charge in [-0.1, -0.05) is 0 Å². The molecule has 1 atom stereocenters. The molecule has 0 aromatic rings. The molecule has 1 aliphatic heterocycles. The van der Waals surface area contributed by atoms with Crippen molar-refractivity contribution in [2.24, 2.45) is 5.92 Å². The summed E-state index contributed by atoms with van der Waals surface area (Å²) in [5, 5.41) is 5.47. The number of nitrogens with one attached hydrogen (secondary N) is 2. The minimum atomic E-state index is -0.425. The summed E-state index contributed by atoms with van der Waals surface area (Å²) < 4.78 is 0. The summed E-state index contributed by atoms with van der Waals surface area (Å²) in [6.07, 6.45) is 2.79. The van der Waals surface area contributed by atoms with E-state index in [9.17, 15) is 9.59 Å². The molecule has 2 rings (SSSR count). The Balaban J connectivity index is 1.88. The molecule has 1 saturated carbocycles. The van der Waals surface area contributed by atoms with Gasteiger partial charge in [0.2, 0.25) is 11.8 Å². The van der Waals surface area contributed by atoms with Gasteiger partial charge in [0.05, 0.1) is 0 Å². The van der Waals surface area contributed by atoms with Gasteiger partial charge in [-0.05, 0) is 19.3 Å². The molecule has 2 N–H and O–H groups in total. The Labute approximate surface area is 70.7 Å². The monoisotopic (exact) mass is 168 g/mol. The Morgan fingerprint density at radius 1 is 1.42 bits per heavy atom. The van der Waals surface area contributed by atoms with E-state index in [-0.39, 0.29) is 11.8 Å². The van der Waals surface area contributed by atoms with E-state index < -0.39 is 5.92 Å². The molecule has 12 heavy (non-hydrogen) atoms. The van der Waals surface area contributed by atoms with Crippen molar-refractivity contribution in [3.05, 3.63) is 0 Å². The first kappa shape index (κ1) is 7.58. The molecule has 0 bridgehead atoms. The number of carbonyl (C=O) groups is 2. The molecule has 1 aliphatic carbocycles. The molecule has 4 heteroatoms. The maximum atomic E-state index is 11.3. The van der Waals surface area contributed by atoms with Crippen LogP contribution in [0.2, 0.25) is 0 Å². The highest BCUT2D eigenvalue weighted by atomic mass is 16.2. The quantitative estimate of drug-likeness (QED) is 0.541. The van der Waals surface area contributed by atoms with Crippen LogP contribution >= 0.6 is 0 Å². The van der Waals surface area contributed by atoms with Gasteiger partial charge >= 0.3 is 0 Å². The van der Waals surface area contributed by atoms with Crippen molar-refractivity contribution < 1.29 is 9.59 Å². The van der Waals surface area contributed by atoms with Crippen LogP contribution in [0.25, 0.3) is 0 Å². The van der Waals surface area contributed by atoms with Crippen molar-refractivity contribution in [1.82, 2.24) is 10.6 Å². The Morgan fingerprint density at radius 3 is 2.67 bits per heavy atom. The third-order valence-electron chi connectivity index (χ3n) is 2.29. The zero-order valence-corrected chi connectivity index (χ0v) is 6.80. The third-order valence-corrected chi connectivity index (χ3v) is 2.29. The Bertz CT molecular complexity index is 223. The number of hydrogen-bond donors (Lipinski definition) is 2. The molecule has 4 nitrogen and oxygen atoms in total. The number of hydrogen-bond acceptors (Lipinski definition) is 2. The van der Waals surface area contributed by atoms with Gasteiger partial charge in [0.1, 0.15) is 5.92 Å². The van der Waals surface area contributed by atoms with Crippen LogP contribution in [-0.4, -0.2) is 24.4 Å². The normalized spacial score (nSPS) is 28.3. The predicted octanol–water partition coefficient (Wildman–Crippen LogP) is -0.599. The minimum absolute atomic E-state index is 0.0903. The lowest BCUT2D eigenvalue weighted by molar-refractivity contribution is -0.133. The zero-order valence-electron chi connectivity index (χ0n) is 6.80. The molecule has 0 aromatic carbocycles. The summed E-state index contributed by atoms with van der Waals surface area (Å²) in [7, 11) is 0. The van der Waals surface area contributed by atoms with Gasteiger partial charge in [0.25, 0.3) is 0 Å². The molecule has 1 unspecified atom stereocenters. The fraction of sp³-hybridized carbons (Fsp3) is 0.750. The lowest BCUT2D eigenvalue weighted by Gasteiger charge is -2.06. The molecular formula is C8H12N2O2. The van der Waals surface area contributed by atoms with Crippen molar-refractivity contribution >= 4 is 11.8 Å². The van der Waals surface area contributed by atoms with E-state index in [1.807, 2.05) is 0 Å². The fourth-order valence-corrected chi connectivity index (χ4v) is 1.37. The van der Waals surface area contributed by atoms with E-state index >= 15 is 0 Å². The van der Waals surface area contributed by atoms with E-state index in [0.29, 0.717) is 19.0 Å². The molecule has 2 fully saturated rings. The van der Waals surface area contributed by atoms with Crippen LogP contribution in [0.4, 0.5) is 0 Å². The minimum Gasteiger partial charge on any atom is -0.355 e. The van der Waals surface area contributed by atoms with Crippen LogP contribution in [0.5, 0.6) is 0 Å². The summed E-state index contributed by atoms with van der Waals surface area (Å²) in [6, 6.07) is 0.353. The standard InChI is InChI=1S/C8H12N2O2/c11-7-6(3-4-9-7)8(12)10-5-1-2-5/h5-6H,1-4H2,(H,9,11)(H,10,12). The topological polar surface area (TPSA) is 58.2 Å². The van der Waals surface area contributed by atoms with Crippen molar-refractivity contribution in [3.8, 4) is 0 Å². The van der Waals surface area contributed by atoms with E-state index in [1.165, 1.54) is 0 Å². The van der Waals surface area contributed by atoms with Gasteiger partial charge in [-0.25, -0.2) is 0 Å². The first-order chi connectivity index (χ1) is 5.77. The van der Waals surface area contributed by atoms with Crippen LogP contribution in [-0.2, 0) is 9.59 Å². The van der Waals surface area contributed by atoms with Crippen LogP contribution in [0.3, 0.4) is 0 Å². The van der Waals surface area contributed by atoms with Crippen molar-refractivity contribution in [2.45, 2.75) is 25.3 Å². The average molecular weight is 168 g/mol. The van der Waals surface area contributed by atoms with Gasteiger partial charge in [-0.2, -0.15) is 0 Å². The Hall–Kier alpha value is -1.06. The molecule has 0 spiro atoms. The number of rotatable bonds is 2. The highest BCUT2D eigenvalue weighted by molar-refractivity contribution is 6.01. The second-order valence-electron chi connectivity index (χ2n) is 3.42. The van der Waals surface area contributed by atoms with Gasteiger partial charge in [-0.15, -0.1) is 0 Å². The van der Waals surface area contributed by atoms with Gasteiger partial charge < -0.3 is 10.6 Å². The highest BCUT2D eigenvalue weighted by Gasteiger charge is 2.34. The Morgan fingerprint density at radius 2 is 2.17 bits per heavy atom. The van der Waals surface area contributed by atoms with E-state index in [2.05, 4.69) is 10.6 Å². The van der Waals surface area contributed by atoms with E-state index in [0.717, 1.165) is 12.8 Å². The number of amides is 2. The summed E-state index contributed by atoms with van der Waals surface area (Å²) in [6.45, 7) is 0.640. The van der Waals surface area contributed by atoms with Crippen molar-refractivity contribution in [3.63, 3.8) is 0 Å². The van der Waals surface area contributed by atoms with Crippen molar-refractivity contribution in [2.75, 3.05) is 6.54 Å². The summed E-state index contributed by atoms with van der Waals surface area (Å²) in [4.78, 5) is 22.4.